The Morgan fingerprint density at radius 2 is 1.75 bits per heavy atom. The van der Waals surface area contributed by atoms with E-state index in [-0.39, 0.29) is 6.04 Å². The summed E-state index contributed by atoms with van der Waals surface area (Å²) in [5.41, 5.74) is 8.74. The van der Waals surface area contributed by atoms with E-state index in [1.807, 2.05) is 0 Å². The lowest BCUT2D eigenvalue weighted by Crippen LogP contribution is -2.36. The van der Waals surface area contributed by atoms with Crippen molar-refractivity contribution in [3.8, 4) is 0 Å². The van der Waals surface area contributed by atoms with Crippen LogP contribution >= 0.6 is 0 Å². The van der Waals surface area contributed by atoms with Gasteiger partial charge in [-0.1, -0.05) is 45.7 Å². The normalized spacial score (nSPS) is 17.6. The Morgan fingerprint density at radius 3 is 2.25 bits per heavy atom. The second kappa shape index (κ2) is 7.12. The van der Waals surface area contributed by atoms with Gasteiger partial charge in [0.1, 0.15) is 0 Å². The van der Waals surface area contributed by atoms with E-state index in [4.69, 9.17) is 5.73 Å². The predicted molar refractivity (Wildman–Crippen MR) is 88.1 cm³/mol. The molecule has 2 N–H and O–H groups in total. The molecule has 1 aromatic rings. The van der Waals surface area contributed by atoms with Gasteiger partial charge in [-0.25, -0.2) is 0 Å². The molecule has 1 atom stereocenters. The Kier molecular flexibility index (Phi) is 5.47. The largest absolute Gasteiger partial charge is 0.368 e. The average Bonchev–Trinajstić information content (AvgIpc) is 2.98. The van der Waals surface area contributed by atoms with Crippen molar-refractivity contribution in [2.75, 3.05) is 11.4 Å². The van der Waals surface area contributed by atoms with Crippen LogP contribution < -0.4 is 10.6 Å². The quantitative estimate of drug-likeness (QED) is 0.827. The third-order valence-corrected chi connectivity index (χ3v) is 4.42. The highest BCUT2D eigenvalue weighted by Gasteiger charge is 2.23. The lowest BCUT2D eigenvalue weighted by molar-refractivity contribution is 0.536. The summed E-state index contributed by atoms with van der Waals surface area (Å²) >= 11 is 0. The maximum atomic E-state index is 6.11. The first-order valence-electron chi connectivity index (χ1n) is 8.24. The number of nitrogens with two attached hydrogens (primary N) is 1. The average molecular weight is 274 g/mol. The van der Waals surface area contributed by atoms with Crippen molar-refractivity contribution in [1.29, 1.82) is 0 Å². The molecule has 2 rings (SSSR count). The number of rotatable bonds is 6. The van der Waals surface area contributed by atoms with E-state index in [9.17, 15) is 0 Å². The van der Waals surface area contributed by atoms with Crippen LogP contribution in [0.3, 0.4) is 0 Å². The summed E-state index contributed by atoms with van der Waals surface area (Å²) in [6, 6.07) is 9.88. The van der Waals surface area contributed by atoms with Crippen LogP contribution in [-0.2, 0) is 0 Å². The summed E-state index contributed by atoms with van der Waals surface area (Å²) in [5, 5.41) is 0. The van der Waals surface area contributed by atoms with Gasteiger partial charge >= 0.3 is 0 Å². The van der Waals surface area contributed by atoms with Crippen LogP contribution in [0.1, 0.15) is 64.5 Å². The SMILES string of the molecule is CC[C@@H](N)c1ccc(N(CC(C)C)C2CCCC2)cc1. The van der Waals surface area contributed by atoms with Gasteiger partial charge in [-0.3, -0.25) is 0 Å². The Morgan fingerprint density at radius 1 is 1.15 bits per heavy atom. The van der Waals surface area contributed by atoms with E-state index in [0.717, 1.165) is 19.0 Å². The first-order chi connectivity index (χ1) is 9.61. The fourth-order valence-corrected chi connectivity index (χ4v) is 3.22. The molecular formula is C18H30N2. The maximum absolute atomic E-state index is 6.11. The molecule has 1 saturated carbocycles. The van der Waals surface area contributed by atoms with Crippen molar-refractivity contribution < 1.29 is 0 Å². The second-order valence-electron chi connectivity index (χ2n) is 6.59. The standard InChI is InChI=1S/C18H30N2/c1-4-18(19)15-9-11-17(12-10-15)20(13-14(2)3)16-7-5-6-8-16/h9-12,14,16,18H,4-8,13,19H2,1-3H3/t18-/m1/s1. The van der Waals surface area contributed by atoms with Crippen molar-refractivity contribution in [2.24, 2.45) is 11.7 Å². The van der Waals surface area contributed by atoms with Crippen LogP contribution in [0.5, 0.6) is 0 Å². The van der Waals surface area contributed by atoms with Crippen molar-refractivity contribution in [3.05, 3.63) is 29.8 Å². The minimum atomic E-state index is 0.175. The van der Waals surface area contributed by atoms with E-state index >= 15 is 0 Å². The molecule has 0 aliphatic heterocycles. The molecule has 1 aromatic carbocycles. The first kappa shape index (κ1) is 15.4. The minimum Gasteiger partial charge on any atom is -0.368 e. The second-order valence-corrected chi connectivity index (χ2v) is 6.59. The van der Waals surface area contributed by atoms with Gasteiger partial charge in [-0.05, 0) is 42.9 Å². The zero-order valence-corrected chi connectivity index (χ0v) is 13.3. The smallest absolute Gasteiger partial charge is 0.0369 e. The molecule has 20 heavy (non-hydrogen) atoms. The van der Waals surface area contributed by atoms with Gasteiger partial charge in [-0.15, -0.1) is 0 Å². The summed E-state index contributed by atoms with van der Waals surface area (Å²) in [5.74, 6) is 0.702. The molecular weight excluding hydrogens is 244 g/mol. The predicted octanol–water partition coefficient (Wildman–Crippen LogP) is 4.50. The Hall–Kier alpha value is -1.02. The topological polar surface area (TPSA) is 29.3 Å². The number of nitrogens with zero attached hydrogens (tertiary/aromatic N) is 1. The number of benzene rings is 1. The van der Waals surface area contributed by atoms with Crippen molar-refractivity contribution >= 4 is 5.69 Å². The molecule has 2 nitrogen and oxygen atoms in total. The molecule has 0 aromatic heterocycles. The highest BCUT2D eigenvalue weighted by molar-refractivity contribution is 5.49. The molecule has 0 saturated heterocycles. The lowest BCUT2D eigenvalue weighted by Gasteiger charge is -2.33. The molecule has 0 radical (unpaired) electrons. The lowest BCUT2D eigenvalue weighted by atomic mass is 10.0. The third-order valence-electron chi connectivity index (χ3n) is 4.42. The minimum absolute atomic E-state index is 0.175. The molecule has 2 heteroatoms. The first-order valence-corrected chi connectivity index (χ1v) is 8.24. The summed E-state index contributed by atoms with van der Waals surface area (Å²) in [6.45, 7) is 7.92. The van der Waals surface area contributed by atoms with Crippen LogP contribution in [-0.4, -0.2) is 12.6 Å². The fourth-order valence-electron chi connectivity index (χ4n) is 3.22. The van der Waals surface area contributed by atoms with Gasteiger partial charge in [0.25, 0.3) is 0 Å². The molecule has 1 fully saturated rings. The molecule has 0 spiro atoms. The zero-order valence-electron chi connectivity index (χ0n) is 13.3. The fraction of sp³-hybridized carbons (Fsp3) is 0.667. The molecule has 1 aliphatic rings. The third kappa shape index (κ3) is 3.76. The van der Waals surface area contributed by atoms with E-state index in [1.54, 1.807) is 0 Å². The molecule has 0 amide bonds. The highest BCUT2D eigenvalue weighted by Crippen LogP contribution is 2.30. The van der Waals surface area contributed by atoms with Crippen LogP contribution in [0.25, 0.3) is 0 Å². The van der Waals surface area contributed by atoms with E-state index in [1.165, 1.54) is 36.9 Å². The van der Waals surface area contributed by atoms with Gasteiger partial charge in [0.05, 0.1) is 0 Å². The van der Waals surface area contributed by atoms with Gasteiger partial charge in [0, 0.05) is 24.3 Å². The maximum Gasteiger partial charge on any atom is 0.0369 e. The number of hydrogen-bond acceptors (Lipinski definition) is 2. The molecule has 1 aliphatic carbocycles. The Labute approximate surface area is 124 Å². The summed E-state index contributed by atoms with van der Waals surface area (Å²) in [4.78, 5) is 2.62. The van der Waals surface area contributed by atoms with E-state index in [0.29, 0.717) is 5.92 Å². The van der Waals surface area contributed by atoms with Gasteiger partial charge in [0.2, 0.25) is 0 Å². The van der Waals surface area contributed by atoms with Crippen molar-refractivity contribution in [3.63, 3.8) is 0 Å². The summed E-state index contributed by atoms with van der Waals surface area (Å²) in [6.07, 6.45) is 6.47. The van der Waals surface area contributed by atoms with Crippen molar-refractivity contribution in [2.45, 2.75) is 65.0 Å². The molecule has 112 valence electrons. The summed E-state index contributed by atoms with van der Waals surface area (Å²) < 4.78 is 0. The zero-order chi connectivity index (χ0) is 14.5. The molecule has 0 bridgehead atoms. The van der Waals surface area contributed by atoms with Crippen LogP contribution in [0.15, 0.2) is 24.3 Å². The van der Waals surface area contributed by atoms with Gasteiger partial charge < -0.3 is 10.6 Å². The number of anilines is 1. The Bertz CT molecular complexity index is 390. The number of hydrogen-bond donors (Lipinski definition) is 1. The van der Waals surface area contributed by atoms with Gasteiger partial charge in [-0.2, -0.15) is 0 Å². The van der Waals surface area contributed by atoms with Crippen LogP contribution in [0.4, 0.5) is 5.69 Å². The molecule has 0 heterocycles. The van der Waals surface area contributed by atoms with Crippen LogP contribution in [0, 0.1) is 5.92 Å². The highest BCUT2D eigenvalue weighted by atomic mass is 15.2. The van der Waals surface area contributed by atoms with Gasteiger partial charge in [0.15, 0.2) is 0 Å². The van der Waals surface area contributed by atoms with Crippen LogP contribution in [0.2, 0.25) is 0 Å². The van der Waals surface area contributed by atoms with E-state index < -0.39 is 0 Å². The van der Waals surface area contributed by atoms with Crippen molar-refractivity contribution in [1.82, 2.24) is 0 Å². The Balaban J connectivity index is 2.15. The summed E-state index contributed by atoms with van der Waals surface area (Å²) in [7, 11) is 0. The molecule has 0 unspecified atom stereocenters. The van der Waals surface area contributed by atoms with E-state index in [2.05, 4.69) is 49.9 Å². The monoisotopic (exact) mass is 274 g/mol.